The lowest BCUT2D eigenvalue weighted by molar-refractivity contribution is -0.219. The summed E-state index contributed by atoms with van der Waals surface area (Å²) in [6.45, 7) is 12.0. The number of hydrogen-bond donors (Lipinski definition) is 4. The summed E-state index contributed by atoms with van der Waals surface area (Å²) in [7, 11) is 0. The maximum Gasteiger partial charge on any atom is 0.217 e. The second kappa shape index (κ2) is 11.4. The summed E-state index contributed by atoms with van der Waals surface area (Å²) in [4.78, 5) is 11.9. The van der Waals surface area contributed by atoms with Gasteiger partial charge in [-0.2, -0.15) is 5.10 Å². The molecule has 2 heterocycles. The van der Waals surface area contributed by atoms with Crippen LogP contribution in [0.2, 0.25) is 0 Å². The molecule has 1 aliphatic heterocycles. The van der Waals surface area contributed by atoms with Gasteiger partial charge >= 0.3 is 0 Å². The Labute approximate surface area is 216 Å². The molecule has 0 spiro atoms. The van der Waals surface area contributed by atoms with E-state index in [1.807, 2.05) is 42.7 Å². The highest BCUT2D eigenvalue weighted by molar-refractivity contribution is 7.71. The van der Waals surface area contributed by atoms with Gasteiger partial charge in [0, 0.05) is 13.5 Å². The fourth-order valence-corrected chi connectivity index (χ4v) is 4.50. The van der Waals surface area contributed by atoms with E-state index < -0.39 is 43.1 Å². The third kappa shape index (κ3) is 6.33. The van der Waals surface area contributed by atoms with Crippen LogP contribution in [0.25, 0.3) is 0 Å². The second-order valence-corrected chi connectivity index (χ2v) is 11.0. The van der Waals surface area contributed by atoms with Crippen molar-refractivity contribution in [1.29, 1.82) is 0 Å². The number of hydrogen-bond acceptors (Lipinski definition) is 8. The molecule has 1 aromatic carbocycles. The predicted molar refractivity (Wildman–Crippen MR) is 136 cm³/mol. The first-order valence-corrected chi connectivity index (χ1v) is 12.6. The van der Waals surface area contributed by atoms with E-state index in [-0.39, 0.29) is 17.9 Å². The fraction of sp³-hybridized carbons (Fsp3) is 0.640. The summed E-state index contributed by atoms with van der Waals surface area (Å²) < 4.78 is 15.5. The van der Waals surface area contributed by atoms with Gasteiger partial charge in [0.2, 0.25) is 5.91 Å². The smallest absolute Gasteiger partial charge is 0.217 e. The lowest BCUT2D eigenvalue weighted by Crippen LogP contribution is -2.62. The summed E-state index contributed by atoms with van der Waals surface area (Å²) in [6.07, 6.45) is -4.92. The topological polar surface area (TPSA) is 131 Å². The van der Waals surface area contributed by atoms with Crippen molar-refractivity contribution >= 4 is 18.1 Å². The van der Waals surface area contributed by atoms with Crippen LogP contribution in [0, 0.1) is 10.7 Å². The van der Waals surface area contributed by atoms with Crippen molar-refractivity contribution in [2.75, 3.05) is 6.61 Å². The van der Waals surface area contributed by atoms with Crippen LogP contribution in [0.4, 0.5) is 0 Å². The minimum Gasteiger partial charge on any atom is -0.486 e. The molecule has 10 nitrogen and oxygen atoms in total. The minimum atomic E-state index is -1.40. The van der Waals surface area contributed by atoms with Gasteiger partial charge in [-0.3, -0.25) is 4.79 Å². The van der Waals surface area contributed by atoms with Crippen LogP contribution in [-0.2, 0) is 28.1 Å². The number of rotatable bonds is 8. The van der Waals surface area contributed by atoms with Gasteiger partial charge in [0.05, 0.1) is 6.61 Å². The van der Waals surface area contributed by atoms with E-state index in [0.717, 1.165) is 0 Å². The van der Waals surface area contributed by atoms with Crippen molar-refractivity contribution in [3.63, 3.8) is 0 Å². The molecule has 5 atom stereocenters. The number of carbonyl (C=O) groups is 1. The average Bonchev–Trinajstić information content (AvgIpc) is 3.10. The molecule has 1 aromatic heterocycles. The van der Waals surface area contributed by atoms with Gasteiger partial charge in [-0.25, -0.2) is 4.68 Å². The molecule has 0 bridgehead atoms. The van der Waals surface area contributed by atoms with Crippen molar-refractivity contribution in [3.8, 4) is 5.75 Å². The Hall–Kier alpha value is -2.31. The number of benzene rings is 1. The number of nitrogens with one attached hydrogen (secondary N) is 1. The van der Waals surface area contributed by atoms with Gasteiger partial charge in [0.15, 0.2) is 16.8 Å². The van der Waals surface area contributed by atoms with Crippen molar-refractivity contribution in [2.24, 2.45) is 5.92 Å². The van der Waals surface area contributed by atoms with Crippen LogP contribution in [0.5, 0.6) is 5.75 Å². The fourth-order valence-electron chi connectivity index (χ4n) is 4.17. The van der Waals surface area contributed by atoms with Crippen molar-refractivity contribution in [2.45, 2.75) is 90.7 Å². The zero-order chi connectivity index (χ0) is 26.8. The van der Waals surface area contributed by atoms with E-state index in [4.69, 9.17) is 21.7 Å². The number of amides is 1. The van der Waals surface area contributed by atoms with E-state index in [2.05, 4.69) is 31.2 Å². The molecule has 200 valence electrons. The summed E-state index contributed by atoms with van der Waals surface area (Å²) in [6, 6.07) is 6.86. The first-order valence-electron chi connectivity index (χ1n) is 12.1. The first kappa shape index (κ1) is 28.3. The molecule has 1 saturated heterocycles. The van der Waals surface area contributed by atoms with Gasteiger partial charge in [-0.15, -0.1) is 0 Å². The lowest BCUT2D eigenvalue weighted by atomic mass is 9.87. The first-order chi connectivity index (χ1) is 16.8. The van der Waals surface area contributed by atoms with Crippen molar-refractivity contribution in [1.82, 2.24) is 19.7 Å². The molecule has 2 aromatic rings. The van der Waals surface area contributed by atoms with E-state index in [0.29, 0.717) is 22.9 Å². The molecule has 36 heavy (non-hydrogen) atoms. The molecular weight excluding hydrogens is 484 g/mol. The molecule has 0 saturated carbocycles. The van der Waals surface area contributed by atoms with Gasteiger partial charge in [0.25, 0.3) is 0 Å². The molecule has 11 heteroatoms. The van der Waals surface area contributed by atoms with E-state index in [1.54, 1.807) is 0 Å². The van der Waals surface area contributed by atoms with E-state index in [1.165, 1.54) is 17.2 Å². The molecular formula is C25H38N4O6S. The SMILES string of the molecule is CC(=O)N[C@@H]1[C@@H](O)[C@H](O)[C@@H](CO)O[C@H]1n1nc(COc2ccc(C(C)(C)C)cc2)n(CC(C)C)c1=S. The molecule has 4 N–H and O–H groups in total. The second-order valence-electron chi connectivity index (χ2n) is 10.7. The van der Waals surface area contributed by atoms with Crippen LogP contribution >= 0.6 is 12.2 Å². The number of nitrogens with zero attached hydrogens (tertiary/aromatic N) is 3. The Morgan fingerprint density at radius 2 is 1.86 bits per heavy atom. The highest BCUT2D eigenvalue weighted by Gasteiger charge is 2.46. The molecule has 1 fully saturated rings. The number of aliphatic hydroxyl groups excluding tert-OH is 3. The maximum atomic E-state index is 11.9. The van der Waals surface area contributed by atoms with Crippen LogP contribution in [0.15, 0.2) is 24.3 Å². The number of aliphatic hydroxyl groups is 3. The Morgan fingerprint density at radius 1 is 1.22 bits per heavy atom. The Balaban J connectivity index is 1.94. The van der Waals surface area contributed by atoms with Crippen LogP contribution in [0.3, 0.4) is 0 Å². The molecule has 1 aliphatic rings. The monoisotopic (exact) mass is 522 g/mol. The van der Waals surface area contributed by atoms with E-state index >= 15 is 0 Å². The quantitative estimate of drug-likeness (QED) is 0.388. The highest BCUT2D eigenvalue weighted by atomic mass is 32.1. The van der Waals surface area contributed by atoms with Crippen molar-refractivity contribution < 1.29 is 29.6 Å². The predicted octanol–water partition coefficient (Wildman–Crippen LogP) is 2.06. The van der Waals surface area contributed by atoms with Crippen LogP contribution < -0.4 is 10.1 Å². The third-order valence-electron chi connectivity index (χ3n) is 6.11. The van der Waals surface area contributed by atoms with Gasteiger partial charge in [-0.05, 0) is 41.2 Å². The highest BCUT2D eigenvalue weighted by Crippen LogP contribution is 2.29. The van der Waals surface area contributed by atoms with Gasteiger partial charge in [0.1, 0.15) is 36.7 Å². The molecule has 0 unspecified atom stereocenters. The molecule has 0 radical (unpaired) electrons. The summed E-state index contributed by atoms with van der Waals surface area (Å²) in [5.41, 5.74) is 1.23. The molecule has 3 rings (SSSR count). The minimum absolute atomic E-state index is 0.0316. The summed E-state index contributed by atoms with van der Waals surface area (Å²) in [5.74, 6) is 1.05. The molecule has 0 aliphatic carbocycles. The number of ether oxygens (including phenoxy) is 2. The summed E-state index contributed by atoms with van der Waals surface area (Å²) >= 11 is 5.72. The maximum absolute atomic E-state index is 11.9. The van der Waals surface area contributed by atoms with Gasteiger partial charge in [-0.1, -0.05) is 46.8 Å². The zero-order valence-electron chi connectivity index (χ0n) is 21.7. The average molecular weight is 523 g/mol. The standard InChI is InChI=1S/C25H38N4O6S/c1-14(2)11-28-19(13-34-17-9-7-16(8-10-17)25(4,5)6)27-29(24(28)36)23-20(26-15(3)31)22(33)21(32)18(12-30)35-23/h7-10,14,18,20-23,30,32-33H,11-13H2,1-6H3,(H,26,31)/t18-,20-,21-,22-,23-/m1/s1. The van der Waals surface area contributed by atoms with Gasteiger partial charge < -0.3 is 34.7 Å². The Kier molecular flexibility index (Phi) is 8.94. The normalized spacial score (nSPS) is 24.7. The molecule has 1 amide bonds. The van der Waals surface area contributed by atoms with E-state index in [9.17, 15) is 20.1 Å². The van der Waals surface area contributed by atoms with Crippen LogP contribution in [-0.4, -0.2) is 66.5 Å². The Morgan fingerprint density at radius 3 is 2.39 bits per heavy atom. The summed E-state index contributed by atoms with van der Waals surface area (Å²) in [5, 5.41) is 38.0. The largest absolute Gasteiger partial charge is 0.486 e. The van der Waals surface area contributed by atoms with Crippen molar-refractivity contribution in [3.05, 3.63) is 40.4 Å². The number of aromatic nitrogens is 3. The Bertz CT molecular complexity index is 1090. The van der Waals surface area contributed by atoms with Crippen LogP contribution in [0.1, 0.15) is 59.2 Å². The lowest BCUT2D eigenvalue weighted by Gasteiger charge is -2.42. The number of carbonyl (C=O) groups excluding carboxylic acids is 1. The third-order valence-corrected chi connectivity index (χ3v) is 6.52. The zero-order valence-corrected chi connectivity index (χ0v) is 22.5.